The summed E-state index contributed by atoms with van der Waals surface area (Å²) in [6.45, 7) is 2.70. The van der Waals surface area contributed by atoms with Crippen molar-refractivity contribution < 1.29 is 17.9 Å². The molecule has 6 nitrogen and oxygen atoms in total. The highest BCUT2D eigenvalue weighted by Crippen LogP contribution is 2.21. The second kappa shape index (κ2) is 9.52. The summed E-state index contributed by atoms with van der Waals surface area (Å²) < 4.78 is 31.3. The SMILES string of the molecule is CN(C)S(=O)(=O)c1ccc(C(=O)N2CCC(COCc3ccccc3)CC2)cc1. The van der Waals surface area contributed by atoms with E-state index in [1.807, 2.05) is 23.1 Å². The summed E-state index contributed by atoms with van der Waals surface area (Å²) in [4.78, 5) is 14.8. The lowest BCUT2D eigenvalue weighted by Gasteiger charge is -2.32. The lowest BCUT2D eigenvalue weighted by atomic mass is 9.97. The maximum absolute atomic E-state index is 12.7. The van der Waals surface area contributed by atoms with Gasteiger partial charge in [-0.25, -0.2) is 12.7 Å². The molecule has 0 bridgehead atoms. The van der Waals surface area contributed by atoms with E-state index in [0.29, 0.717) is 37.8 Å². The number of carbonyl (C=O) groups is 1. The quantitative estimate of drug-likeness (QED) is 0.696. The average molecular weight is 417 g/mol. The van der Waals surface area contributed by atoms with Crippen LogP contribution < -0.4 is 0 Å². The molecular formula is C22H28N2O4S. The van der Waals surface area contributed by atoms with Crippen LogP contribution in [0.15, 0.2) is 59.5 Å². The topological polar surface area (TPSA) is 66.9 Å². The van der Waals surface area contributed by atoms with Crippen LogP contribution in [0.4, 0.5) is 0 Å². The molecule has 156 valence electrons. The molecule has 0 unspecified atom stereocenters. The first-order valence-corrected chi connectivity index (χ1v) is 11.3. The molecule has 29 heavy (non-hydrogen) atoms. The van der Waals surface area contributed by atoms with Crippen LogP contribution in [0.3, 0.4) is 0 Å². The number of amides is 1. The molecule has 0 aromatic heterocycles. The highest BCUT2D eigenvalue weighted by Gasteiger charge is 2.24. The van der Waals surface area contributed by atoms with Gasteiger partial charge < -0.3 is 9.64 Å². The summed E-state index contributed by atoms with van der Waals surface area (Å²) in [6, 6.07) is 16.3. The van der Waals surface area contributed by atoms with E-state index in [2.05, 4.69) is 12.1 Å². The predicted molar refractivity (Wildman–Crippen MR) is 112 cm³/mol. The molecule has 0 radical (unpaired) electrons. The van der Waals surface area contributed by atoms with Gasteiger partial charge in [-0.15, -0.1) is 0 Å². The summed E-state index contributed by atoms with van der Waals surface area (Å²) >= 11 is 0. The van der Waals surface area contributed by atoms with E-state index in [1.54, 1.807) is 12.1 Å². The highest BCUT2D eigenvalue weighted by molar-refractivity contribution is 7.89. The highest BCUT2D eigenvalue weighted by atomic mass is 32.2. The van der Waals surface area contributed by atoms with Crippen molar-refractivity contribution >= 4 is 15.9 Å². The molecule has 2 aromatic carbocycles. The van der Waals surface area contributed by atoms with Gasteiger partial charge in [-0.05, 0) is 48.6 Å². The standard InChI is InChI=1S/C22H28N2O4S/c1-23(2)29(26,27)21-10-8-20(9-11-21)22(25)24-14-12-19(13-15-24)17-28-16-18-6-4-3-5-7-18/h3-11,19H,12-17H2,1-2H3. The van der Waals surface area contributed by atoms with Crippen LogP contribution in [-0.4, -0.2) is 57.3 Å². The lowest BCUT2D eigenvalue weighted by Crippen LogP contribution is -2.39. The molecule has 0 aliphatic carbocycles. The van der Waals surface area contributed by atoms with Crippen molar-refractivity contribution in [2.75, 3.05) is 33.8 Å². The number of benzene rings is 2. The van der Waals surface area contributed by atoms with Crippen LogP contribution in [0, 0.1) is 5.92 Å². The van der Waals surface area contributed by atoms with Crippen LogP contribution in [0.2, 0.25) is 0 Å². The Morgan fingerprint density at radius 1 is 1.03 bits per heavy atom. The number of piperidine rings is 1. The molecule has 0 N–H and O–H groups in total. The molecular weight excluding hydrogens is 388 g/mol. The summed E-state index contributed by atoms with van der Waals surface area (Å²) in [6.07, 6.45) is 1.82. The van der Waals surface area contributed by atoms with E-state index < -0.39 is 10.0 Å². The van der Waals surface area contributed by atoms with Crippen molar-refractivity contribution in [2.45, 2.75) is 24.3 Å². The molecule has 1 saturated heterocycles. The Morgan fingerprint density at radius 3 is 2.24 bits per heavy atom. The molecule has 0 atom stereocenters. The molecule has 2 aromatic rings. The smallest absolute Gasteiger partial charge is 0.253 e. The zero-order valence-corrected chi connectivity index (χ0v) is 17.8. The van der Waals surface area contributed by atoms with Crippen LogP contribution in [0.5, 0.6) is 0 Å². The van der Waals surface area contributed by atoms with Crippen LogP contribution in [0.1, 0.15) is 28.8 Å². The van der Waals surface area contributed by atoms with E-state index in [1.165, 1.54) is 31.8 Å². The first kappa shape index (κ1) is 21.5. The van der Waals surface area contributed by atoms with Crippen molar-refractivity contribution in [1.82, 2.24) is 9.21 Å². The van der Waals surface area contributed by atoms with E-state index in [-0.39, 0.29) is 10.8 Å². The van der Waals surface area contributed by atoms with Crippen molar-refractivity contribution in [3.05, 3.63) is 65.7 Å². The van der Waals surface area contributed by atoms with Crippen molar-refractivity contribution in [1.29, 1.82) is 0 Å². The minimum Gasteiger partial charge on any atom is -0.376 e. The fourth-order valence-electron chi connectivity index (χ4n) is 3.38. The van der Waals surface area contributed by atoms with Gasteiger partial charge in [0.25, 0.3) is 5.91 Å². The van der Waals surface area contributed by atoms with Gasteiger partial charge in [0.05, 0.1) is 11.5 Å². The zero-order valence-electron chi connectivity index (χ0n) is 17.0. The second-order valence-corrected chi connectivity index (χ2v) is 9.70. The number of ether oxygens (including phenoxy) is 1. The van der Waals surface area contributed by atoms with Gasteiger partial charge in [-0.2, -0.15) is 0 Å². The van der Waals surface area contributed by atoms with E-state index in [4.69, 9.17) is 4.74 Å². The monoisotopic (exact) mass is 416 g/mol. The molecule has 1 fully saturated rings. The maximum atomic E-state index is 12.7. The number of hydrogen-bond donors (Lipinski definition) is 0. The van der Waals surface area contributed by atoms with Gasteiger partial charge in [0.1, 0.15) is 0 Å². The molecule has 1 aliphatic heterocycles. The summed E-state index contributed by atoms with van der Waals surface area (Å²) in [5.41, 5.74) is 1.68. The third-order valence-corrected chi connectivity index (χ3v) is 7.08. The van der Waals surface area contributed by atoms with Gasteiger partial charge in [-0.3, -0.25) is 4.79 Å². The van der Waals surface area contributed by atoms with Gasteiger partial charge in [0.2, 0.25) is 10.0 Å². The van der Waals surface area contributed by atoms with Crippen LogP contribution >= 0.6 is 0 Å². The van der Waals surface area contributed by atoms with Crippen molar-refractivity contribution in [3.63, 3.8) is 0 Å². The number of likely N-dealkylation sites (tertiary alicyclic amines) is 1. The summed E-state index contributed by atoms with van der Waals surface area (Å²) in [5.74, 6) is 0.401. The fourth-order valence-corrected chi connectivity index (χ4v) is 4.28. The molecule has 3 rings (SSSR count). The van der Waals surface area contributed by atoms with E-state index >= 15 is 0 Å². The van der Waals surface area contributed by atoms with Crippen LogP contribution in [0.25, 0.3) is 0 Å². The first-order valence-electron chi connectivity index (χ1n) is 9.81. The minimum absolute atomic E-state index is 0.0533. The molecule has 0 spiro atoms. The van der Waals surface area contributed by atoms with Crippen molar-refractivity contribution in [3.8, 4) is 0 Å². The van der Waals surface area contributed by atoms with Gasteiger partial charge in [0, 0.05) is 39.4 Å². The van der Waals surface area contributed by atoms with Crippen molar-refractivity contribution in [2.24, 2.45) is 5.92 Å². The van der Waals surface area contributed by atoms with Gasteiger partial charge in [0.15, 0.2) is 0 Å². The second-order valence-electron chi connectivity index (χ2n) is 7.55. The number of rotatable bonds is 7. The van der Waals surface area contributed by atoms with E-state index in [9.17, 15) is 13.2 Å². The third kappa shape index (κ3) is 5.44. The van der Waals surface area contributed by atoms with Crippen LogP contribution in [-0.2, 0) is 21.4 Å². The summed E-state index contributed by atoms with van der Waals surface area (Å²) in [7, 11) is -0.510. The first-order chi connectivity index (χ1) is 13.9. The largest absolute Gasteiger partial charge is 0.376 e. The number of sulfonamides is 1. The molecule has 0 saturated carbocycles. The zero-order chi connectivity index (χ0) is 20.9. The Balaban J connectivity index is 1.48. The maximum Gasteiger partial charge on any atom is 0.253 e. The normalized spacial score (nSPS) is 15.6. The summed E-state index contributed by atoms with van der Waals surface area (Å²) in [5, 5.41) is 0. The number of hydrogen-bond acceptors (Lipinski definition) is 4. The predicted octanol–water partition coefficient (Wildman–Crippen LogP) is 3.01. The van der Waals surface area contributed by atoms with Gasteiger partial charge >= 0.3 is 0 Å². The Labute approximate surface area is 173 Å². The fraction of sp³-hybridized carbons (Fsp3) is 0.409. The van der Waals surface area contributed by atoms with E-state index in [0.717, 1.165) is 17.1 Å². The molecule has 1 aliphatic rings. The Hall–Kier alpha value is -2.22. The Morgan fingerprint density at radius 2 is 1.66 bits per heavy atom. The molecule has 1 amide bonds. The minimum atomic E-state index is -3.49. The third-order valence-electron chi connectivity index (χ3n) is 5.25. The Kier molecular flexibility index (Phi) is 7.05. The average Bonchev–Trinajstić information content (AvgIpc) is 2.74. The van der Waals surface area contributed by atoms with Gasteiger partial charge in [-0.1, -0.05) is 30.3 Å². The molecule has 7 heteroatoms. The Bertz CT molecular complexity index is 904. The number of carbonyl (C=O) groups excluding carboxylic acids is 1. The molecule has 1 heterocycles. The lowest BCUT2D eigenvalue weighted by molar-refractivity contribution is 0.0478. The number of nitrogens with zero attached hydrogens (tertiary/aromatic N) is 2.